The number of aromatic hydroxyl groups is 1. The Bertz CT molecular complexity index is 427. The van der Waals surface area contributed by atoms with E-state index in [0.29, 0.717) is 16.4 Å². The molecular formula is C16H23ClO. The Morgan fingerprint density at radius 1 is 1.28 bits per heavy atom. The summed E-state index contributed by atoms with van der Waals surface area (Å²) >= 11 is 6.10. The summed E-state index contributed by atoms with van der Waals surface area (Å²) in [6, 6.07) is 4.04. The van der Waals surface area contributed by atoms with Crippen LogP contribution in [0.3, 0.4) is 0 Å². The molecule has 1 aromatic carbocycles. The number of benzene rings is 1. The zero-order valence-corrected chi connectivity index (χ0v) is 12.5. The molecule has 2 atom stereocenters. The lowest BCUT2D eigenvalue weighted by Gasteiger charge is -2.39. The Morgan fingerprint density at radius 2 is 1.94 bits per heavy atom. The van der Waals surface area contributed by atoms with Crippen LogP contribution in [0.15, 0.2) is 12.1 Å². The highest BCUT2D eigenvalue weighted by atomic mass is 35.5. The Morgan fingerprint density at radius 3 is 2.50 bits per heavy atom. The van der Waals surface area contributed by atoms with Gasteiger partial charge in [-0.15, -0.1) is 0 Å². The lowest BCUT2D eigenvalue weighted by Crippen LogP contribution is -2.26. The van der Waals surface area contributed by atoms with E-state index in [0.717, 1.165) is 11.5 Å². The molecule has 1 aromatic rings. The Labute approximate surface area is 115 Å². The molecule has 0 aromatic heterocycles. The van der Waals surface area contributed by atoms with Crippen molar-refractivity contribution in [3.63, 3.8) is 0 Å². The number of hydrogen-bond acceptors (Lipinski definition) is 1. The van der Waals surface area contributed by atoms with Gasteiger partial charge < -0.3 is 5.11 Å². The van der Waals surface area contributed by atoms with Crippen molar-refractivity contribution in [1.29, 1.82) is 0 Å². The van der Waals surface area contributed by atoms with Gasteiger partial charge in [0.2, 0.25) is 0 Å². The van der Waals surface area contributed by atoms with Crippen LogP contribution in [0.5, 0.6) is 5.75 Å². The van der Waals surface area contributed by atoms with E-state index in [1.165, 1.54) is 24.8 Å². The van der Waals surface area contributed by atoms with Crippen molar-refractivity contribution in [1.82, 2.24) is 0 Å². The third kappa shape index (κ3) is 2.83. The molecule has 0 heterocycles. The van der Waals surface area contributed by atoms with Crippen LogP contribution in [0, 0.1) is 18.3 Å². The van der Waals surface area contributed by atoms with Crippen molar-refractivity contribution in [2.45, 2.75) is 52.9 Å². The predicted molar refractivity (Wildman–Crippen MR) is 77.4 cm³/mol. The van der Waals surface area contributed by atoms with E-state index in [1.54, 1.807) is 0 Å². The van der Waals surface area contributed by atoms with Gasteiger partial charge in [-0.25, -0.2) is 0 Å². The topological polar surface area (TPSA) is 20.2 Å². The fraction of sp³-hybridized carbons (Fsp3) is 0.625. The lowest BCUT2D eigenvalue weighted by atomic mass is 9.66. The average Bonchev–Trinajstić information content (AvgIpc) is 2.22. The van der Waals surface area contributed by atoms with E-state index < -0.39 is 0 Å². The van der Waals surface area contributed by atoms with E-state index in [9.17, 15) is 5.11 Å². The van der Waals surface area contributed by atoms with Gasteiger partial charge in [0.25, 0.3) is 0 Å². The summed E-state index contributed by atoms with van der Waals surface area (Å²) < 4.78 is 0. The summed E-state index contributed by atoms with van der Waals surface area (Å²) in [6.45, 7) is 8.96. The molecule has 1 aliphatic rings. The Hall–Kier alpha value is -0.690. The molecule has 100 valence electrons. The first-order chi connectivity index (χ1) is 8.28. The minimum Gasteiger partial charge on any atom is -0.506 e. The molecule has 0 saturated heterocycles. The summed E-state index contributed by atoms with van der Waals surface area (Å²) in [4.78, 5) is 0. The molecule has 18 heavy (non-hydrogen) atoms. The van der Waals surface area contributed by atoms with E-state index in [4.69, 9.17) is 11.6 Å². The SMILES string of the molecule is Cc1cc([C@H]2CC(C)CC(C)(C)C2)cc(Cl)c1O. The van der Waals surface area contributed by atoms with Gasteiger partial charge in [0.05, 0.1) is 5.02 Å². The first-order valence-electron chi connectivity index (χ1n) is 6.77. The summed E-state index contributed by atoms with van der Waals surface area (Å²) in [5, 5.41) is 10.2. The quantitative estimate of drug-likeness (QED) is 0.733. The van der Waals surface area contributed by atoms with Crippen molar-refractivity contribution < 1.29 is 5.11 Å². The number of hydrogen-bond donors (Lipinski definition) is 1. The average molecular weight is 267 g/mol. The van der Waals surface area contributed by atoms with Gasteiger partial charge in [0.15, 0.2) is 0 Å². The van der Waals surface area contributed by atoms with E-state index >= 15 is 0 Å². The summed E-state index contributed by atoms with van der Waals surface area (Å²) in [6.07, 6.45) is 3.73. The first kappa shape index (κ1) is 13.7. The highest BCUT2D eigenvalue weighted by Gasteiger charge is 2.33. The molecule has 0 aliphatic heterocycles. The van der Waals surface area contributed by atoms with Crippen molar-refractivity contribution in [2.24, 2.45) is 11.3 Å². The second-order valence-corrected chi connectivity index (χ2v) is 7.19. The van der Waals surface area contributed by atoms with Crippen LogP contribution in [0.2, 0.25) is 5.02 Å². The normalized spacial score (nSPS) is 27.2. The van der Waals surface area contributed by atoms with Crippen molar-refractivity contribution in [3.8, 4) is 5.75 Å². The smallest absolute Gasteiger partial charge is 0.137 e. The zero-order chi connectivity index (χ0) is 13.5. The fourth-order valence-corrected chi connectivity index (χ4v) is 3.87. The molecule has 2 heteroatoms. The summed E-state index contributed by atoms with van der Waals surface area (Å²) in [5.74, 6) is 1.55. The van der Waals surface area contributed by atoms with Gasteiger partial charge in [-0.2, -0.15) is 0 Å². The predicted octanol–water partition coefficient (Wildman–Crippen LogP) is 5.28. The van der Waals surface area contributed by atoms with E-state index in [2.05, 4.69) is 26.8 Å². The molecule has 1 saturated carbocycles. The number of phenols is 1. The zero-order valence-electron chi connectivity index (χ0n) is 11.8. The Balaban J connectivity index is 2.31. The first-order valence-corrected chi connectivity index (χ1v) is 7.15. The Kier molecular flexibility index (Phi) is 3.64. The number of phenolic OH excluding ortho intramolecular Hbond substituents is 1. The monoisotopic (exact) mass is 266 g/mol. The number of rotatable bonds is 1. The van der Waals surface area contributed by atoms with E-state index in [-0.39, 0.29) is 5.75 Å². The van der Waals surface area contributed by atoms with Crippen LogP contribution in [-0.2, 0) is 0 Å². The van der Waals surface area contributed by atoms with Gasteiger partial charge in [-0.05, 0) is 60.6 Å². The molecule has 1 N–H and O–H groups in total. The van der Waals surface area contributed by atoms with Gasteiger partial charge in [-0.1, -0.05) is 38.4 Å². The molecule has 2 rings (SSSR count). The number of aryl methyl sites for hydroxylation is 1. The van der Waals surface area contributed by atoms with Crippen molar-refractivity contribution in [2.75, 3.05) is 0 Å². The molecule has 1 nitrogen and oxygen atoms in total. The van der Waals surface area contributed by atoms with Crippen molar-refractivity contribution >= 4 is 11.6 Å². The largest absolute Gasteiger partial charge is 0.506 e. The maximum absolute atomic E-state index is 9.75. The van der Waals surface area contributed by atoms with Crippen LogP contribution >= 0.6 is 11.6 Å². The lowest BCUT2D eigenvalue weighted by molar-refractivity contribution is 0.168. The van der Waals surface area contributed by atoms with Crippen LogP contribution in [0.1, 0.15) is 57.1 Å². The molecule has 0 amide bonds. The molecule has 0 radical (unpaired) electrons. The molecular weight excluding hydrogens is 244 g/mol. The van der Waals surface area contributed by atoms with Gasteiger partial charge >= 0.3 is 0 Å². The van der Waals surface area contributed by atoms with E-state index in [1.807, 2.05) is 13.0 Å². The standard InChI is InChI=1S/C16H23ClO/c1-10-5-13(9-16(3,4)8-10)12-6-11(2)15(18)14(17)7-12/h6-7,10,13,18H,5,8-9H2,1-4H3/t10?,13-/m0/s1. The molecule has 1 aliphatic carbocycles. The second kappa shape index (κ2) is 4.77. The van der Waals surface area contributed by atoms with Crippen LogP contribution in [0.25, 0.3) is 0 Å². The minimum atomic E-state index is 0.225. The summed E-state index contributed by atoms with van der Waals surface area (Å²) in [5.41, 5.74) is 2.57. The maximum atomic E-state index is 9.75. The maximum Gasteiger partial charge on any atom is 0.137 e. The minimum absolute atomic E-state index is 0.225. The highest BCUT2D eigenvalue weighted by molar-refractivity contribution is 6.32. The molecule has 1 unspecified atom stereocenters. The van der Waals surface area contributed by atoms with Gasteiger partial charge in [-0.3, -0.25) is 0 Å². The third-order valence-corrected chi connectivity index (χ3v) is 4.42. The fourth-order valence-electron chi connectivity index (χ4n) is 3.60. The third-order valence-electron chi connectivity index (χ3n) is 4.13. The van der Waals surface area contributed by atoms with Crippen LogP contribution < -0.4 is 0 Å². The van der Waals surface area contributed by atoms with Crippen LogP contribution in [-0.4, -0.2) is 5.11 Å². The molecule has 0 bridgehead atoms. The van der Waals surface area contributed by atoms with Crippen LogP contribution in [0.4, 0.5) is 0 Å². The second-order valence-electron chi connectivity index (χ2n) is 6.78. The summed E-state index contributed by atoms with van der Waals surface area (Å²) in [7, 11) is 0. The van der Waals surface area contributed by atoms with Crippen molar-refractivity contribution in [3.05, 3.63) is 28.3 Å². The molecule has 1 fully saturated rings. The molecule has 0 spiro atoms. The number of halogens is 1. The van der Waals surface area contributed by atoms with Gasteiger partial charge in [0, 0.05) is 0 Å². The highest BCUT2D eigenvalue weighted by Crippen LogP contribution is 2.47. The van der Waals surface area contributed by atoms with Gasteiger partial charge in [0.1, 0.15) is 5.75 Å².